The summed E-state index contributed by atoms with van der Waals surface area (Å²) in [4.78, 5) is 14.9. The van der Waals surface area contributed by atoms with Gasteiger partial charge in [-0.05, 0) is 44.8 Å². The van der Waals surface area contributed by atoms with Gasteiger partial charge in [-0.3, -0.25) is 4.57 Å². The highest BCUT2D eigenvalue weighted by atomic mass is 16.7. The van der Waals surface area contributed by atoms with E-state index in [9.17, 15) is 0 Å². The lowest BCUT2D eigenvalue weighted by atomic mass is 9.78. The summed E-state index contributed by atoms with van der Waals surface area (Å²) in [6.45, 7) is 8.49. The van der Waals surface area contributed by atoms with Gasteiger partial charge in [-0.15, -0.1) is 0 Å². The first-order chi connectivity index (χ1) is 19.9. The molecule has 7 rings (SSSR count). The Morgan fingerprint density at radius 1 is 0.659 bits per heavy atom. The zero-order valence-electron chi connectivity index (χ0n) is 23.7. The van der Waals surface area contributed by atoms with Crippen LogP contribution in [-0.4, -0.2) is 37.8 Å². The first-order valence-corrected chi connectivity index (χ1v) is 14.1. The maximum atomic E-state index is 6.52. The lowest BCUT2D eigenvalue weighted by Crippen LogP contribution is -2.44. The number of rotatable bonds is 5. The van der Waals surface area contributed by atoms with E-state index in [4.69, 9.17) is 24.3 Å². The van der Waals surface area contributed by atoms with Gasteiger partial charge in [0, 0.05) is 21.9 Å². The molecule has 41 heavy (non-hydrogen) atoms. The molecule has 4 aromatic carbocycles. The van der Waals surface area contributed by atoms with Crippen LogP contribution in [0, 0.1) is 0 Å². The van der Waals surface area contributed by atoms with E-state index < -0.39 is 12.7 Å². The van der Waals surface area contributed by atoms with Crippen molar-refractivity contribution in [3.8, 4) is 28.7 Å². The fraction of sp³-hybridized carbons (Fsp3) is 0.206. The van der Waals surface area contributed by atoms with E-state index in [1.165, 1.54) is 0 Å². The topological polar surface area (TPSA) is 62.1 Å². The van der Waals surface area contributed by atoms with Crippen molar-refractivity contribution in [2.45, 2.75) is 45.3 Å². The lowest BCUT2D eigenvalue weighted by molar-refractivity contribution is -0.0118. The van der Waals surface area contributed by atoms with Crippen molar-refractivity contribution >= 4 is 34.4 Å². The van der Waals surface area contributed by atoms with Gasteiger partial charge in [0.25, 0.3) is 0 Å². The molecule has 0 amide bonds. The quantitative estimate of drug-likeness (QED) is 0.222. The molecule has 0 saturated carbocycles. The second-order valence-electron chi connectivity index (χ2n) is 11.3. The largest absolute Gasteiger partial charge is 0.494 e. The van der Waals surface area contributed by atoms with Crippen molar-refractivity contribution in [3.63, 3.8) is 0 Å². The zero-order valence-corrected chi connectivity index (χ0v) is 23.7. The molecule has 3 heterocycles. The van der Waals surface area contributed by atoms with Gasteiger partial charge in [0.1, 0.15) is 0 Å². The molecule has 0 bridgehead atoms. The highest BCUT2D eigenvalue weighted by molar-refractivity contribution is 6.62. The van der Waals surface area contributed by atoms with E-state index in [-0.39, 0.29) is 5.60 Å². The predicted molar refractivity (Wildman–Crippen MR) is 165 cm³/mol. The average molecular weight is 538 g/mol. The molecule has 6 nitrogen and oxygen atoms in total. The molecular weight excluding hydrogens is 507 g/mol. The third-order valence-corrected chi connectivity index (χ3v) is 8.57. The van der Waals surface area contributed by atoms with E-state index in [0.29, 0.717) is 17.6 Å². The smallest absolute Gasteiger partial charge is 0.399 e. The Bertz CT molecular complexity index is 1830. The molecule has 1 aliphatic rings. The molecule has 6 aromatic rings. The minimum atomic E-state index is -0.437. The van der Waals surface area contributed by atoms with E-state index in [0.717, 1.165) is 44.8 Å². The van der Waals surface area contributed by atoms with Crippen LogP contribution in [0.3, 0.4) is 0 Å². The van der Waals surface area contributed by atoms with Crippen LogP contribution in [0.1, 0.15) is 34.1 Å². The number of hydrogen-bond acceptors (Lipinski definition) is 5. The van der Waals surface area contributed by atoms with Crippen molar-refractivity contribution in [2.24, 2.45) is 0 Å². The molecule has 7 heteroatoms. The second-order valence-corrected chi connectivity index (χ2v) is 11.3. The minimum Gasteiger partial charge on any atom is -0.399 e. The molecule has 0 aliphatic carbocycles. The van der Waals surface area contributed by atoms with Crippen LogP contribution in [-0.2, 0) is 9.31 Å². The first kappa shape index (κ1) is 25.6. The number of para-hydroxylation sites is 1. The molecule has 1 fully saturated rings. The molecule has 0 N–H and O–H groups in total. The number of nitrogens with zero attached hydrogens (tertiary/aromatic N) is 4. The Morgan fingerprint density at radius 2 is 1.24 bits per heavy atom. The molecule has 0 spiro atoms. The van der Waals surface area contributed by atoms with E-state index in [1.54, 1.807) is 0 Å². The van der Waals surface area contributed by atoms with Crippen LogP contribution in [0.5, 0.6) is 0 Å². The van der Waals surface area contributed by atoms with Gasteiger partial charge in [0.2, 0.25) is 5.95 Å². The van der Waals surface area contributed by atoms with Gasteiger partial charge in [-0.25, -0.2) is 4.98 Å². The summed E-state index contributed by atoms with van der Waals surface area (Å²) in [6, 6.07) is 34.9. The van der Waals surface area contributed by atoms with E-state index in [2.05, 4.69) is 74.7 Å². The average Bonchev–Trinajstić information content (AvgIpc) is 3.47. The Morgan fingerprint density at radius 3 is 1.85 bits per heavy atom. The van der Waals surface area contributed by atoms with Crippen LogP contribution < -0.4 is 5.46 Å². The molecular formula is C34H31BN4O2. The number of fused-ring (bicyclic) bond motifs is 3. The van der Waals surface area contributed by atoms with E-state index in [1.807, 2.05) is 60.7 Å². The zero-order chi connectivity index (χ0) is 28.2. The molecule has 1 saturated heterocycles. The van der Waals surface area contributed by atoms with Crippen molar-refractivity contribution in [3.05, 3.63) is 103 Å². The van der Waals surface area contributed by atoms with Gasteiger partial charge in [0.15, 0.2) is 11.6 Å². The molecule has 1 atom stereocenters. The van der Waals surface area contributed by atoms with E-state index >= 15 is 0 Å². The highest BCUT2D eigenvalue weighted by Crippen LogP contribution is 2.40. The molecule has 1 aliphatic heterocycles. The summed E-state index contributed by atoms with van der Waals surface area (Å²) in [7, 11) is -0.437. The minimum absolute atomic E-state index is 0.368. The standard InChI is InChI=1S/C34H31BN4O2/c1-5-34(4)33(2,3)40-35(41-34)25-20-21-29-27(22-25)26-18-12-13-19-28(26)39(29)32-37-30(23-14-8-6-9-15-23)36-31(38-32)24-16-10-7-11-17-24/h6-22H,5H2,1-4H3. The van der Waals surface area contributed by atoms with Crippen molar-refractivity contribution < 1.29 is 9.31 Å². The fourth-order valence-corrected chi connectivity index (χ4v) is 5.69. The predicted octanol–water partition coefficient (Wildman–Crippen LogP) is 6.99. The summed E-state index contributed by atoms with van der Waals surface area (Å²) in [5.74, 6) is 1.83. The fourth-order valence-electron chi connectivity index (χ4n) is 5.69. The van der Waals surface area contributed by atoms with Crippen molar-refractivity contribution in [1.29, 1.82) is 0 Å². The molecule has 0 radical (unpaired) electrons. The van der Waals surface area contributed by atoms with Crippen molar-refractivity contribution in [2.75, 3.05) is 0 Å². The van der Waals surface area contributed by atoms with Gasteiger partial charge >= 0.3 is 7.12 Å². The second kappa shape index (κ2) is 9.65. The summed E-state index contributed by atoms with van der Waals surface area (Å²) >= 11 is 0. The summed E-state index contributed by atoms with van der Waals surface area (Å²) in [6.07, 6.45) is 0.866. The monoisotopic (exact) mass is 538 g/mol. The van der Waals surface area contributed by atoms with Crippen LogP contribution >= 0.6 is 0 Å². The maximum Gasteiger partial charge on any atom is 0.494 e. The summed E-state index contributed by atoms with van der Waals surface area (Å²) in [5, 5.41) is 2.21. The van der Waals surface area contributed by atoms with Gasteiger partial charge in [-0.1, -0.05) is 97.9 Å². The number of hydrogen-bond donors (Lipinski definition) is 0. The maximum absolute atomic E-state index is 6.52. The van der Waals surface area contributed by atoms with Gasteiger partial charge in [-0.2, -0.15) is 9.97 Å². The third-order valence-electron chi connectivity index (χ3n) is 8.57. The van der Waals surface area contributed by atoms with Crippen molar-refractivity contribution in [1.82, 2.24) is 19.5 Å². The van der Waals surface area contributed by atoms with Crippen LogP contribution in [0.4, 0.5) is 0 Å². The summed E-state index contributed by atoms with van der Waals surface area (Å²) < 4.78 is 15.1. The SMILES string of the molecule is CCC1(C)OB(c2ccc3c(c2)c2ccccc2n3-c2nc(-c3ccccc3)nc(-c3ccccc3)n2)OC1(C)C. The Kier molecular flexibility index (Phi) is 6.03. The van der Waals surface area contributed by atoms with Crippen LogP contribution in [0.2, 0.25) is 0 Å². The number of benzene rings is 4. The Labute approximate surface area is 240 Å². The Hall–Kier alpha value is -4.33. The molecule has 2 aromatic heterocycles. The number of aromatic nitrogens is 4. The summed E-state index contributed by atoms with van der Waals surface area (Å²) in [5.41, 5.74) is 4.14. The van der Waals surface area contributed by atoms with Crippen LogP contribution in [0.25, 0.3) is 50.5 Å². The van der Waals surface area contributed by atoms with Crippen LogP contribution in [0.15, 0.2) is 103 Å². The lowest BCUT2D eigenvalue weighted by Gasteiger charge is -2.35. The normalized spacial score (nSPS) is 18.4. The van der Waals surface area contributed by atoms with Gasteiger partial charge < -0.3 is 9.31 Å². The third kappa shape index (κ3) is 4.24. The van der Waals surface area contributed by atoms with Gasteiger partial charge in [0.05, 0.1) is 22.2 Å². The highest BCUT2D eigenvalue weighted by Gasteiger charge is 2.53. The Balaban J connectivity index is 1.43. The molecule has 1 unspecified atom stereocenters. The first-order valence-electron chi connectivity index (χ1n) is 14.1. The molecule has 202 valence electrons.